The van der Waals surface area contributed by atoms with E-state index in [2.05, 4.69) is 4.98 Å². The Labute approximate surface area is 126 Å². The maximum Gasteiger partial charge on any atom is 0.306 e. The molecule has 6 heteroatoms. The molecule has 2 aliphatic rings. The fourth-order valence-corrected chi connectivity index (χ4v) is 4.61. The van der Waals surface area contributed by atoms with Crippen LogP contribution in [-0.2, 0) is 4.79 Å². The number of thioether (sulfide) groups is 1. The smallest absolute Gasteiger partial charge is 0.306 e. The van der Waals surface area contributed by atoms with E-state index in [4.69, 9.17) is 0 Å². The first kappa shape index (κ1) is 14.3. The van der Waals surface area contributed by atoms with Gasteiger partial charge in [-0.1, -0.05) is 6.92 Å². The van der Waals surface area contributed by atoms with Crippen molar-refractivity contribution in [2.24, 2.45) is 17.8 Å². The van der Waals surface area contributed by atoms with Crippen LogP contribution in [0.1, 0.15) is 34.1 Å². The van der Waals surface area contributed by atoms with Crippen molar-refractivity contribution in [3.63, 3.8) is 0 Å². The number of hydrogen-bond acceptors (Lipinski definition) is 5. The van der Waals surface area contributed by atoms with E-state index in [1.807, 2.05) is 6.92 Å². The molecule has 4 atom stereocenters. The van der Waals surface area contributed by atoms with Crippen LogP contribution < -0.4 is 0 Å². The molecule has 110 valence electrons. The maximum absolute atomic E-state index is 12.6. The van der Waals surface area contributed by atoms with Gasteiger partial charge in [0.05, 0.1) is 11.2 Å². The van der Waals surface area contributed by atoms with E-state index in [0.717, 1.165) is 0 Å². The summed E-state index contributed by atoms with van der Waals surface area (Å²) in [6.45, 7) is 1.87. The molecule has 3 rings (SSSR count). The van der Waals surface area contributed by atoms with Gasteiger partial charge in [0, 0.05) is 29.4 Å². The predicted molar refractivity (Wildman–Crippen MR) is 77.5 cm³/mol. The first-order valence-electron chi connectivity index (χ1n) is 6.87. The number of carbonyl (C=O) groups excluding carboxylic acids is 2. The van der Waals surface area contributed by atoms with Gasteiger partial charge in [-0.15, -0.1) is 11.8 Å². The highest BCUT2D eigenvalue weighted by molar-refractivity contribution is 8.00. The van der Waals surface area contributed by atoms with E-state index in [1.54, 1.807) is 6.07 Å². The predicted octanol–water partition coefficient (Wildman–Crippen LogP) is 1.92. The Hall–Kier alpha value is -1.69. The zero-order valence-corrected chi connectivity index (χ0v) is 12.3. The van der Waals surface area contributed by atoms with Crippen molar-refractivity contribution in [3.8, 4) is 0 Å². The van der Waals surface area contributed by atoms with Gasteiger partial charge in [-0.2, -0.15) is 0 Å². The molecule has 5 nitrogen and oxygen atoms in total. The second kappa shape index (κ2) is 5.26. The van der Waals surface area contributed by atoms with Gasteiger partial charge in [0.15, 0.2) is 11.6 Å². The van der Waals surface area contributed by atoms with Crippen LogP contribution in [0.2, 0.25) is 0 Å². The summed E-state index contributed by atoms with van der Waals surface area (Å²) in [4.78, 5) is 40.5. The van der Waals surface area contributed by atoms with Crippen molar-refractivity contribution in [1.29, 1.82) is 0 Å². The van der Waals surface area contributed by atoms with Crippen LogP contribution >= 0.6 is 11.8 Å². The molecule has 0 unspecified atom stereocenters. The lowest BCUT2D eigenvalue weighted by Crippen LogP contribution is -2.39. The Balaban J connectivity index is 2.03. The first-order chi connectivity index (χ1) is 10.0. The fraction of sp³-hybridized carbons (Fsp3) is 0.467. The number of ketones is 2. The number of hydrogen-bond donors (Lipinski definition) is 1. The fourth-order valence-electron chi connectivity index (χ4n) is 3.12. The highest BCUT2D eigenvalue weighted by Gasteiger charge is 2.46. The van der Waals surface area contributed by atoms with Gasteiger partial charge >= 0.3 is 5.97 Å². The molecule has 0 bridgehead atoms. The molecule has 0 amide bonds. The number of aromatic nitrogens is 1. The van der Waals surface area contributed by atoms with Crippen molar-refractivity contribution in [2.45, 2.75) is 18.6 Å². The van der Waals surface area contributed by atoms with E-state index in [1.165, 1.54) is 24.2 Å². The average molecular weight is 305 g/mol. The van der Waals surface area contributed by atoms with Gasteiger partial charge in [-0.05, 0) is 24.2 Å². The Morgan fingerprint density at radius 1 is 1.33 bits per heavy atom. The molecular weight excluding hydrogens is 290 g/mol. The molecule has 1 fully saturated rings. The number of rotatable bonds is 1. The van der Waals surface area contributed by atoms with Gasteiger partial charge in [0.2, 0.25) is 0 Å². The minimum Gasteiger partial charge on any atom is -0.481 e. The first-order valence-corrected chi connectivity index (χ1v) is 7.92. The zero-order valence-electron chi connectivity index (χ0n) is 11.5. The molecule has 0 radical (unpaired) electrons. The molecule has 1 aliphatic carbocycles. The summed E-state index contributed by atoms with van der Waals surface area (Å²) < 4.78 is 0. The Bertz CT molecular complexity index is 630. The van der Waals surface area contributed by atoms with Crippen LogP contribution in [0.4, 0.5) is 0 Å². The van der Waals surface area contributed by atoms with E-state index in [0.29, 0.717) is 16.9 Å². The number of carbonyl (C=O) groups is 3. The monoisotopic (exact) mass is 305 g/mol. The van der Waals surface area contributed by atoms with Crippen LogP contribution in [-0.4, -0.2) is 38.6 Å². The molecule has 2 heterocycles. The van der Waals surface area contributed by atoms with Crippen molar-refractivity contribution < 1.29 is 19.5 Å². The van der Waals surface area contributed by atoms with Crippen molar-refractivity contribution in [2.75, 3.05) is 5.75 Å². The lowest BCUT2D eigenvalue weighted by atomic mass is 9.76. The summed E-state index contributed by atoms with van der Waals surface area (Å²) in [5.74, 6) is -1.69. The Kier molecular flexibility index (Phi) is 3.57. The third kappa shape index (κ3) is 2.27. The SMILES string of the molecule is C[C@H]1CS[C@H]2C(=O)c3cnccc3C(=O)[C@H]2C[C@H]1C(=O)O. The molecule has 1 N–H and O–H groups in total. The van der Waals surface area contributed by atoms with Crippen LogP contribution in [0.25, 0.3) is 0 Å². The summed E-state index contributed by atoms with van der Waals surface area (Å²) in [5.41, 5.74) is 0.758. The molecule has 1 saturated heterocycles. The highest BCUT2D eigenvalue weighted by atomic mass is 32.2. The van der Waals surface area contributed by atoms with E-state index in [-0.39, 0.29) is 23.9 Å². The second-order valence-corrected chi connectivity index (χ2v) is 6.84. The van der Waals surface area contributed by atoms with Crippen LogP contribution in [0.15, 0.2) is 18.5 Å². The number of aliphatic carboxylic acids is 1. The summed E-state index contributed by atoms with van der Waals surface area (Å²) >= 11 is 1.41. The zero-order chi connectivity index (χ0) is 15.1. The van der Waals surface area contributed by atoms with E-state index in [9.17, 15) is 19.5 Å². The van der Waals surface area contributed by atoms with Gasteiger partial charge in [-0.3, -0.25) is 19.4 Å². The molecule has 0 spiro atoms. The molecule has 0 saturated carbocycles. The number of nitrogens with zero attached hydrogens (tertiary/aromatic N) is 1. The third-order valence-corrected chi connectivity index (χ3v) is 5.98. The molecule has 1 aromatic rings. The van der Waals surface area contributed by atoms with E-state index >= 15 is 0 Å². The second-order valence-electron chi connectivity index (χ2n) is 5.67. The van der Waals surface area contributed by atoms with Gasteiger partial charge in [-0.25, -0.2) is 0 Å². The quantitative estimate of drug-likeness (QED) is 0.853. The topological polar surface area (TPSA) is 84.3 Å². The van der Waals surface area contributed by atoms with Gasteiger partial charge < -0.3 is 5.11 Å². The number of fused-ring (bicyclic) bond motifs is 2. The highest BCUT2D eigenvalue weighted by Crippen LogP contribution is 2.42. The summed E-state index contributed by atoms with van der Waals surface area (Å²) in [7, 11) is 0. The summed E-state index contributed by atoms with van der Waals surface area (Å²) in [5, 5.41) is 8.88. The van der Waals surface area contributed by atoms with Crippen LogP contribution in [0.5, 0.6) is 0 Å². The normalized spacial score (nSPS) is 32.0. The molecule has 1 aliphatic heterocycles. The number of Topliss-reactive ketones (excluding diaryl/α,β-unsaturated/α-hetero) is 2. The summed E-state index contributed by atoms with van der Waals surface area (Å²) in [6, 6.07) is 1.56. The Morgan fingerprint density at radius 3 is 2.81 bits per heavy atom. The largest absolute Gasteiger partial charge is 0.481 e. The summed E-state index contributed by atoms with van der Waals surface area (Å²) in [6.07, 6.45) is 3.17. The molecule has 0 aromatic carbocycles. The van der Waals surface area contributed by atoms with Gasteiger partial charge in [0.25, 0.3) is 0 Å². The molecular formula is C15H15NO4S. The lowest BCUT2D eigenvalue weighted by molar-refractivity contribution is -0.143. The number of carboxylic acids is 1. The van der Waals surface area contributed by atoms with Crippen molar-refractivity contribution in [3.05, 3.63) is 29.6 Å². The molecule has 21 heavy (non-hydrogen) atoms. The Morgan fingerprint density at radius 2 is 2.10 bits per heavy atom. The minimum absolute atomic E-state index is 0.0556. The standard InChI is InChI=1S/C15H15NO4S/c1-7-6-21-14-10(4-9(7)15(19)20)12(17)8-2-3-16-5-11(8)13(14)18/h2-3,5,7,9-10,14H,4,6H2,1H3,(H,19,20)/t7-,9+,10+,14+/m0/s1. The van der Waals surface area contributed by atoms with Crippen LogP contribution in [0, 0.1) is 17.8 Å². The number of carboxylic acid groups (broad SMARTS) is 1. The number of pyridine rings is 1. The lowest BCUT2D eigenvalue weighted by Gasteiger charge is -2.29. The van der Waals surface area contributed by atoms with Gasteiger partial charge in [0.1, 0.15) is 0 Å². The van der Waals surface area contributed by atoms with Crippen molar-refractivity contribution >= 4 is 29.3 Å². The third-order valence-electron chi connectivity index (χ3n) is 4.36. The minimum atomic E-state index is -0.885. The van der Waals surface area contributed by atoms with E-state index < -0.39 is 23.1 Å². The molecule has 1 aromatic heterocycles. The van der Waals surface area contributed by atoms with Crippen molar-refractivity contribution in [1.82, 2.24) is 4.98 Å². The maximum atomic E-state index is 12.6. The average Bonchev–Trinajstić information content (AvgIpc) is 2.64. The van der Waals surface area contributed by atoms with Crippen LogP contribution in [0.3, 0.4) is 0 Å².